The Labute approximate surface area is 136 Å². The van der Waals surface area contributed by atoms with Crippen molar-refractivity contribution in [3.05, 3.63) is 57.3 Å². The third-order valence-electron chi connectivity index (χ3n) is 3.54. The lowest BCUT2D eigenvalue weighted by Gasteiger charge is -2.12. The number of hydrogen-bond donors (Lipinski definition) is 0. The van der Waals surface area contributed by atoms with Gasteiger partial charge in [-0.1, -0.05) is 23.2 Å². The standard InChI is InChI=1S/C15H10Cl2N2O3/c1-18-4-2-3-12(18)13(20)7-19-14(21)8-5-10(16)11(17)6-9(8)15(19)22/h2-6H,7H2,1H3. The van der Waals surface area contributed by atoms with Crippen molar-refractivity contribution in [2.24, 2.45) is 7.05 Å². The minimum atomic E-state index is -0.541. The van der Waals surface area contributed by atoms with Crippen LogP contribution in [0.15, 0.2) is 30.5 Å². The van der Waals surface area contributed by atoms with Gasteiger partial charge in [-0.2, -0.15) is 0 Å². The second kappa shape index (κ2) is 5.26. The third-order valence-corrected chi connectivity index (χ3v) is 4.26. The second-order valence-corrected chi connectivity index (χ2v) is 5.75. The van der Waals surface area contributed by atoms with Crippen molar-refractivity contribution in [3.63, 3.8) is 0 Å². The van der Waals surface area contributed by atoms with Crippen LogP contribution < -0.4 is 0 Å². The molecule has 0 aliphatic carbocycles. The van der Waals surface area contributed by atoms with Crippen molar-refractivity contribution in [2.45, 2.75) is 0 Å². The molecule has 0 radical (unpaired) electrons. The molecule has 2 aromatic rings. The van der Waals surface area contributed by atoms with E-state index in [9.17, 15) is 14.4 Å². The van der Waals surface area contributed by atoms with Gasteiger partial charge in [0.05, 0.1) is 33.4 Å². The number of nitrogens with zero attached hydrogens (tertiary/aromatic N) is 2. The van der Waals surface area contributed by atoms with Crippen molar-refractivity contribution < 1.29 is 14.4 Å². The number of hydrogen-bond acceptors (Lipinski definition) is 3. The molecule has 0 atom stereocenters. The lowest BCUT2D eigenvalue weighted by molar-refractivity contribution is 0.0622. The average Bonchev–Trinajstić information content (AvgIpc) is 2.99. The first-order valence-corrected chi connectivity index (χ1v) is 7.15. The van der Waals surface area contributed by atoms with Crippen molar-refractivity contribution in [3.8, 4) is 0 Å². The fourth-order valence-corrected chi connectivity index (χ4v) is 2.73. The van der Waals surface area contributed by atoms with Gasteiger partial charge in [0.1, 0.15) is 0 Å². The summed E-state index contributed by atoms with van der Waals surface area (Å²) in [6.45, 7) is -0.320. The number of benzene rings is 1. The number of Topliss-reactive ketones (excluding diaryl/α,β-unsaturated/α-hetero) is 1. The highest BCUT2D eigenvalue weighted by molar-refractivity contribution is 6.43. The van der Waals surface area contributed by atoms with Crippen LogP contribution in [0.3, 0.4) is 0 Å². The molecule has 0 saturated carbocycles. The van der Waals surface area contributed by atoms with E-state index >= 15 is 0 Å². The number of carbonyl (C=O) groups excluding carboxylic acids is 3. The Bertz CT molecular complexity index is 785. The minimum absolute atomic E-state index is 0.166. The molecular weight excluding hydrogens is 327 g/mol. The molecule has 1 aromatic carbocycles. The summed E-state index contributed by atoms with van der Waals surface area (Å²) in [5.41, 5.74) is 0.755. The molecule has 2 amide bonds. The molecule has 0 fully saturated rings. The van der Waals surface area contributed by atoms with Crippen LogP contribution in [-0.4, -0.2) is 33.6 Å². The van der Waals surface area contributed by atoms with Crippen molar-refractivity contribution in [1.82, 2.24) is 9.47 Å². The first-order chi connectivity index (χ1) is 10.4. The summed E-state index contributed by atoms with van der Waals surface area (Å²) >= 11 is 11.8. The van der Waals surface area contributed by atoms with Gasteiger partial charge in [-0.25, -0.2) is 0 Å². The van der Waals surface area contributed by atoms with Crippen LogP contribution in [-0.2, 0) is 7.05 Å². The number of rotatable bonds is 3. The Morgan fingerprint density at radius 2 is 1.64 bits per heavy atom. The minimum Gasteiger partial charge on any atom is -0.348 e. The highest BCUT2D eigenvalue weighted by atomic mass is 35.5. The Morgan fingerprint density at radius 3 is 2.09 bits per heavy atom. The Morgan fingerprint density at radius 1 is 1.09 bits per heavy atom. The summed E-state index contributed by atoms with van der Waals surface area (Å²) in [5, 5.41) is 0.384. The van der Waals surface area contributed by atoms with Gasteiger partial charge in [0, 0.05) is 13.2 Å². The van der Waals surface area contributed by atoms with Gasteiger partial charge in [0.2, 0.25) is 0 Å². The summed E-state index contributed by atoms with van der Waals surface area (Å²) in [6.07, 6.45) is 1.72. The first-order valence-electron chi connectivity index (χ1n) is 6.40. The van der Waals surface area contributed by atoms with Crippen LogP contribution in [0.2, 0.25) is 10.0 Å². The largest absolute Gasteiger partial charge is 0.348 e. The number of ketones is 1. The molecule has 22 heavy (non-hydrogen) atoms. The fourth-order valence-electron chi connectivity index (χ4n) is 2.40. The van der Waals surface area contributed by atoms with Crippen LogP contribution in [0, 0.1) is 0 Å². The summed E-state index contributed by atoms with van der Waals surface area (Å²) in [5.74, 6) is -1.40. The zero-order valence-corrected chi connectivity index (χ0v) is 13.0. The van der Waals surface area contributed by atoms with Gasteiger partial charge in [-0.3, -0.25) is 19.3 Å². The lowest BCUT2D eigenvalue weighted by atomic mass is 10.1. The van der Waals surface area contributed by atoms with E-state index in [1.54, 1.807) is 29.9 Å². The number of fused-ring (bicyclic) bond motifs is 1. The van der Waals surface area contributed by atoms with Crippen molar-refractivity contribution in [2.75, 3.05) is 6.54 Å². The van der Waals surface area contributed by atoms with Crippen LogP contribution >= 0.6 is 23.2 Å². The molecular formula is C15H10Cl2N2O3. The summed E-state index contributed by atoms with van der Waals surface area (Å²) < 4.78 is 1.63. The number of halogens is 2. The smallest absolute Gasteiger partial charge is 0.262 e. The molecule has 1 aromatic heterocycles. The Hall–Kier alpha value is -2.11. The zero-order chi connectivity index (χ0) is 16.0. The van der Waals surface area contributed by atoms with E-state index in [-0.39, 0.29) is 33.5 Å². The molecule has 0 bridgehead atoms. The zero-order valence-electron chi connectivity index (χ0n) is 11.5. The van der Waals surface area contributed by atoms with Gasteiger partial charge in [0.15, 0.2) is 5.78 Å². The van der Waals surface area contributed by atoms with E-state index < -0.39 is 11.8 Å². The van der Waals surface area contributed by atoms with E-state index in [4.69, 9.17) is 23.2 Å². The van der Waals surface area contributed by atoms with E-state index in [2.05, 4.69) is 0 Å². The van der Waals surface area contributed by atoms with Gasteiger partial charge in [-0.05, 0) is 24.3 Å². The number of aryl methyl sites for hydroxylation is 1. The quantitative estimate of drug-likeness (QED) is 0.639. The molecule has 1 aliphatic rings. The number of aromatic nitrogens is 1. The van der Waals surface area contributed by atoms with Crippen molar-refractivity contribution in [1.29, 1.82) is 0 Å². The van der Waals surface area contributed by atoms with Crippen LogP contribution in [0.5, 0.6) is 0 Å². The number of amides is 2. The predicted molar refractivity (Wildman–Crippen MR) is 81.6 cm³/mol. The highest BCUT2D eigenvalue weighted by Crippen LogP contribution is 2.31. The van der Waals surface area contributed by atoms with Crippen LogP contribution in [0.4, 0.5) is 0 Å². The SMILES string of the molecule is Cn1cccc1C(=O)CN1C(=O)c2cc(Cl)c(Cl)cc2C1=O. The van der Waals surface area contributed by atoms with Crippen LogP contribution in [0.1, 0.15) is 31.2 Å². The molecule has 0 N–H and O–H groups in total. The molecule has 5 nitrogen and oxygen atoms in total. The molecule has 1 aliphatic heterocycles. The monoisotopic (exact) mass is 336 g/mol. The molecule has 7 heteroatoms. The average molecular weight is 337 g/mol. The summed E-state index contributed by atoms with van der Waals surface area (Å²) in [6, 6.07) is 6.06. The highest BCUT2D eigenvalue weighted by Gasteiger charge is 2.37. The topological polar surface area (TPSA) is 59.4 Å². The predicted octanol–water partition coefficient (Wildman–Crippen LogP) is 2.81. The second-order valence-electron chi connectivity index (χ2n) is 4.94. The van der Waals surface area contributed by atoms with E-state index in [1.807, 2.05) is 0 Å². The van der Waals surface area contributed by atoms with Gasteiger partial charge in [-0.15, -0.1) is 0 Å². The molecule has 112 valence electrons. The third kappa shape index (κ3) is 2.23. The molecule has 2 heterocycles. The molecule has 0 unspecified atom stereocenters. The normalized spacial score (nSPS) is 13.7. The first kappa shape index (κ1) is 14.8. The lowest BCUT2D eigenvalue weighted by Crippen LogP contribution is -2.35. The summed E-state index contributed by atoms with van der Waals surface area (Å²) in [4.78, 5) is 37.8. The van der Waals surface area contributed by atoms with Gasteiger partial charge < -0.3 is 4.57 Å². The van der Waals surface area contributed by atoms with E-state index in [0.29, 0.717) is 5.69 Å². The maximum absolute atomic E-state index is 12.3. The fraction of sp³-hybridized carbons (Fsp3) is 0.133. The Kier molecular flexibility index (Phi) is 3.54. The van der Waals surface area contributed by atoms with Crippen LogP contribution in [0.25, 0.3) is 0 Å². The van der Waals surface area contributed by atoms with Crippen molar-refractivity contribution >= 4 is 40.8 Å². The molecule has 0 spiro atoms. The van der Waals surface area contributed by atoms with Gasteiger partial charge >= 0.3 is 0 Å². The van der Waals surface area contributed by atoms with E-state index in [0.717, 1.165) is 4.90 Å². The Balaban J connectivity index is 1.91. The maximum Gasteiger partial charge on any atom is 0.262 e. The maximum atomic E-state index is 12.3. The summed E-state index contributed by atoms with van der Waals surface area (Å²) in [7, 11) is 1.72. The molecule has 3 rings (SSSR count). The number of carbonyl (C=O) groups is 3. The van der Waals surface area contributed by atoms with Gasteiger partial charge in [0.25, 0.3) is 11.8 Å². The number of imide groups is 1. The van der Waals surface area contributed by atoms with E-state index in [1.165, 1.54) is 12.1 Å². The molecule has 0 saturated heterocycles.